The third kappa shape index (κ3) is 4.06. The summed E-state index contributed by atoms with van der Waals surface area (Å²) in [5, 5.41) is 0. The van der Waals surface area contributed by atoms with E-state index >= 15 is 0 Å². The fourth-order valence-electron chi connectivity index (χ4n) is 1.33. The second kappa shape index (κ2) is 7.25. The van der Waals surface area contributed by atoms with Crippen LogP contribution >= 0.6 is 0 Å². The van der Waals surface area contributed by atoms with Gasteiger partial charge in [-0.2, -0.15) is 0 Å². The molecule has 0 spiro atoms. The second-order valence-corrected chi connectivity index (χ2v) is 3.75. The summed E-state index contributed by atoms with van der Waals surface area (Å²) in [4.78, 5) is 33.9. The van der Waals surface area contributed by atoms with E-state index in [9.17, 15) is 14.4 Å². The topological polar surface area (TPSA) is 105 Å². The second-order valence-electron chi connectivity index (χ2n) is 3.75. The molecule has 1 aromatic rings. The number of carbonyl (C=O) groups is 3. The molecule has 1 unspecified atom stereocenters. The van der Waals surface area contributed by atoms with Crippen molar-refractivity contribution in [2.75, 3.05) is 20.8 Å². The number of rotatable bonds is 6. The smallest absolute Gasteiger partial charge is 0.343 e. The van der Waals surface area contributed by atoms with Crippen LogP contribution < -0.4 is 10.5 Å². The minimum absolute atomic E-state index is 0.231. The van der Waals surface area contributed by atoms with E-state index in [1.165, 1.54) is 31.4 Å². The summed E-state index contributed by atoms with van der Waals surface area (Å²) in [7, 11) is 2.40. The predicted octanol–water partition coefficient (Wildman–Crippen LogP) is -0.0786. The fourth-order valence-corrected chi connectivity index (χ4v) is 1.33. The SMILES string of the molecule is COC(=O)COc1ccc(C(=O)C(N)C(=O)OC)cc1. The maximum absolute atomic E-state index is 11.8. The van der Waals surface area contributed by atoms with Crippen LogP contribution in [0.4, 0.5) is 0 Å². The van der Waals surface area contributed by atoms with Gasteiger partial charge in [-0.15, -0.1) is 0 Å². The van der Waals surface area contributed by atoms with Crippen LogP contribution in [-0.2, 0) is 19.1 Å². The van der Waals surface area contributed by atoms with Gasteiger partial charge in [-0.05, 0) is 24.3 Å². The lowest BCUT2D eigenvalue weighted by Gasteiger charge is -2.09. The summed E-state index contributed by atoms with van der Waals surface area (Å²) in [6, 6.07) is 4.50. The molecule has 0 saturated heterocycles. The van der Waals surface area contributed by atoms with Crippen molar-refractivity contribution in [3.05, 3.63) is 29.8 Å². The number of hydrogen-bond acceptors (Lipinski definition) is 7. The number of nitrogens with two attached hydrogens (primary N) is 1. The lowest BCUT2D eigenvalue weighted by molar-refractivity contribution is -0.143. The first-order valence-corrected chi connectivity index (χ1v) is 5.67. The number of ether oxygens (including phenoxy) is 3. The Morgan fingerprint density at radius 2 is 1.70 bits per heavy atom. The van der Waals surface area contributed by atoms with Crippen LogP contribution in [0, 0.1) is 0 Å². The van der Waals surface area contributed by atoms with Crippen LogP contribution in [0.2, 0.25) is 0 Å². The highest BCUT2D eigenvalue weighted by atomic mass is 16.6. The molecule has 0 aliphatic rings. The molecule has 0 amide bonds. The number of esters is 2. The van der Waals surface area contributed by atoms with Gasteiger partial charge >= 0.3 is 11.9 Å². The first-order valence-electron chi connectivity index (χ1n) is 5.67. The molecular weight excluding hydrogens is 266 g/mol. The molecule has 0 fully saturated rings. The highest BCUT2D eigenvalue weighted by molar-refractivity contribution is 6.11. The number of benzene rings is 1. The van der Waals surface area contributed by atoms with E-state index in [0.29, 0.717) is 5.75 Å². The van der Waals surface area contributed by atoms with Crippen LogP contribution in [0.1, 0.15) is 10.4 Å². The zero-order valence-corrected chi connectivity index (χ0v) is 11.1. The van der Waals surface area contributed by atoms with Crippen LogP contribution in [0.15, 0.2) is 24.3 Å². The van der Waals surface area contributed by atoms with E-state index in [0.717, 1.165) is 7.11 Å². The molecule has 0 aliphatic heterocycles. The molecule has 20 heavy (non-hydrogen) atoms. The van der Waals surface area contributed by atoms with Crippen molar-refractivity contribution in [2.24, 2.45) is 5.73 Å². The van der Waals surface area contributed by atoms with E-state index in [-0.39, 0.29) is 12.2 Å². The number of methoxy groups -OCH3 is 2. The molecule has 0 radical (unpaired) electrons. The Hall–Kier alpha value is -2.41. The number of Topliss-reactive ketones (excluding diaryl/α,β-unsaturated/α-hetero) is 1. The van der Waals surface area contributed by atoms with Crippen molar-refractivity contribution in [3.8, 4) is 5.75 Å². The van der Waals surface area contributed by atoms with Gasteiger partial charge in [0, 0.05) is 5.56 Å². The van der Waals surface area contributed by atoms with Crippen molar-refractivity contribution in [1.29, 1.82) is 0 Å². The summed E-state index contributed by atoms with van der Waals surface area (Å²) < 4.78 is 13.9. The molecule has 108 valence electrons. The van der Waals surface area contributed by atoms with Crippen molar-refractivity contribution in [3.63, 3.8) is 0 Å². The third-order valence-electron chi connectivity index (χ3n) is 2.46. The third-order valence-corrected chi connectivity index (χ3v) is 2.46. The average Bonchev–Trinajstić information content (AvgIpc) is 2.50. The monoisotopic (exact) mass is 281 g/mol. The van der Waals surface area contributed by atoms with Crippen molar-refractivity contribution in [1.82, 2.24) is 0 Å². The van der Waals surface area contributed by atoms with Gasteiger partial charge in [0.15, 0.2) is 18.4 Å². The van der Waals surface area contributed by atoms with Crippen LogP contribution in [0.25, 0.3) is 0 Å². The quantitative estimate of drug-likeness (QED) is 0.441. The lowest BCUT2D eigenvalue weighted by Crippen LogP contribution is -2.39. The van der Waals surface area contributed by atoms with Crippen LogP contribution in [-0.4, -0.2) is 44.6 Å². The summed E-state index contributed by atoms with van der Waals surface area (Å²) in [6.45, 7) is -0.231. The molecule has 0 heterocycles. The Morgan fingerprint density at radius 1 is 1.10 bits per heavy atom. The summed E-state index contributed by atoms with van der Waals surface area (Å²) in [6.07, 6.45) is 0. The molecule has 2 N–H and O–H groups in total. The van der Waals surface area contributed by atoms with Crippen molar-refractivity contribution in [2.45, 2.75) is 6.04 Å². The molecule has 1 rings (SSSR count). The molecule has 1 atom stereocenters. The Bertz CT molecular complexity index is 496. The first kappa shape index (κ1) is 15.6. The van der Waals surface area contributed by atoms with E-state index in [1.807, 2.05) is 0 Å². The van der Waals surface area contributed by atoms with Crippen molar-refractivity contribution < 1.29 is 28.6 Å². The van der Waals surface area contributed by atoms with Gasteiger partial charge in [0.1, 0.15) is 5.75 Å². The molecular formula is C13H15NO6. The van der Waals surface area contributed by atoms with E-state index < -0.39 is 23.8 Å². The maximum atomic E-state index is 11.8. The van der Waals surface area contributed by atoms with Gasteiger partial charge < -0.3 is 19.9 Å². The van der Waals surface area contributed by atoms with E-state index in [1.54, 1.807) is 0 Å². The van der Waals surface area contributed by atoms with Gasteiger partial charge in [0.05, 0.1) is 14.2 Å². The fraction of sp³-hybridized carbons (Fsp3) is 0.308. The Kier molecular flexibility index (Phi) is 5.67. The molecule has 0 aliphatic carbocycles. The summed E-state index contributed by atoms with van der Waals surface area (Å²) >= 11 is 0. The Morgan fingerprint density at radius 3 is 2.20 bits per heavy atom. The number of carbonyl (C=O) groups excluding carboxylic acids is 3. The molecule has 0 bridgehead atoms. The van der Waals surface area contributed by atoms with Gasteiger partial charge in [0.2, 0.25) is 0 Å². The average molecular weight is 281 g/mol. The summed E-state index contributed by atoms with van der Waals surface area (Å²) in [5.41, 5.74) is 5.69. The Labute approximate surface area is 115 Å². The minimum Gasteiger partial charge on any atom is -0.482 e. The predicted molar refractivity (Wildman–Crippen MR) is 68.3 cm³/mol. The Balaban J connectivity index is 2.68. The van der Waals surface area contributed by atoms with Gasteiger partial charge in [-0.25, -0.2) is 9.59 Å². The van der Waals surface area contributed by atoms with Crippen LogP contribution in [0.5, 0.6) is 5.75 Å². The molecule has 7 nitrogen and oxygen atoms in total. The van der Waals surface area contributed by atoms with E-state index in [4.69, 9.17) is 10.5 Å². The molecule has 1 aromatic carbocycles. The zero-order valence-electron chi connectivity index (χ0n) is 11.1. The van der Waals surface area contributed by atoms with Gasteiger partial charge in [0.25, 0.3) is 0 Å². The largest absolute Gasteiger partial charge is 0.482 e. The number of hydrogen-bond donors (Lipinski definition) is 1. The zero-order chi connectivity index (χ0) is 15.1. The van der Waals surface area contributed by atoms with Gasteiger partial charge in [-0.1, -0.05) is 0 Å². The molecule has 0 saturated carbocycles. The standard InChI is InChI=1S/C13H15NO6/c1-18-10(15)7-20-9-5-3-8(4-6-9)12(16)11(14)13(17)19-2/h3-6,11H,7,14H2,1-2H3. The maximum Gasteiger partial charge on any atom is 0.343 e. The van der Waals surface area contributed by atoms with Gasteiger partial charge in [-0.3, -0.25) is 4.79 Å². The highest BCUT2D eigenvalue weighted by Gasteiger charge is 2.23. The number of ketones is 1. The normalized spacial score (nSPS) is 11.3. The van der Waals surface area contributed by atoms with Crippen molar-refractivity contribution >= 4 is 17.7 Å². The van der Waals surface area contributed by atoms with E-state index in [2.05, 4.69) is 9.47 Å². The first-order chi connectivity index (χ1) is 9.49. The molecule has 0 aromatic heterocycles. The molecule has 7 heteroatoms. The van der Waals surface area contributed by atoms with Crippen LogP contribution in [0.3, 0.4) is 0 Å². The lowest BCUT2D eigenvalue weighted by atomic mass is 10.1. The minimum atomic E-state index is -1.36. The summed E-state index contributed by atoms with van der Waals surface area (Å²) in [5.74, 6) is -1.49. The highest BCUT2D eigenvalue weighted by Crippen LogP contribution is 2.13.